The van der Waals surface area contributed by atoms with E-state index in [-0.39, 0.29) is 18.2 Å². The van der Waals surface area contributed by atoms with E-state index in [1.54, 1.807) is 6.07 Å². The van der Waals surface area contributed by atoms with Crippen LogP contribution >= 0.6 is 0 Å². The van der Waals surface area contributed by atoms with Gasteiger partial charge in [-0.25, -0.2) is 4.79 Å². The summed E-state index contributed by atoms with van der Waals surface area (Å²) in [7, 11) is 0. The Morgan fingerprint density at radius 3 is 2.80 bits per heavy atom. The Balaban J connectivity index is 2.82. The minimum atomic E-state index is -1.30. The van der Waals surface area contributed by atoms with Crippen LogP contribution in [0.2, 0.25) is 0 Å². The van der Waals surface area contributed by atoms with Crippen molar-refractivity contribution < 1.29 is 19.6 Å². The number of ether oxygens (including phenoxy) is 1. The summed E-state index contributed by atoms with van der Waals surface area (Å²) in [6, 6.07) is 4.23. The Labute approximate surface area is 116 Å². The first kappa shape index (κ1) is 16.1. The molecule has 7 nitrogen and oxygen atoms in total. The van der Waals surface area contributed by atoms with Crippen molar-refractivity contribution in [2.45, 2.75) is 26.5 Å². The molecule has 1 rings (SSSR count). The van der Waals surface area contributed by atoms with E-state index in [2.05, 4.69) is 5.32 Å². The number of hydrogen-bond donors (Lipinski definition) is 2. The largest absolute Gasteiger partial charge is 0.477 e. The number of benzene rings is 1. The van der Waals surface area contributed by atoms with Crippen LogP contribution in [0.3, 0.4) is 0 Å². The van der Waals surface area contributed by atoms with Gasteiger partial charge < -0.3 is 15.2 Å². The standard InChI is InChI=1S/C13H18N2O5/c1-3-20-9(2)7-14-8-10-5-4-6-11(15(18)19)12(10)13(16)17/h4-6,9,14H,3,7-8H2,1-2H3,(H,16,17). The Morgan fingerprint density at radius 2 is 2.25 bits per heavy atom. The maximum Gasteiger partial charge on any atom is 0.343 e. The highest BCUT2D eigenvalue weighted by atomic mass is 16.6. The van der Waals surface area contributed by atoms with Crippen molar-refractivity contribution in [3.63, 3.8) is 0 Å². The SMILES string of the molecule is CCOC(C)CNCc1cccc([N+](=O)[O-])c1C(=O)O. The Bertz CT molecular complexity index is 490. The lowest BCUT2D eigenvalue weighted by atomic mass is 10.1. The summed E-state index contributed by atoms with van der Waals surface area (Å²) in [5, 5.41) is 23.0. The van der Waals surface area contributed by atoms with Gasteiger partial charge in [0.25, 0.3) is 5.69 Å². The molecule has 0 aliphatic carbocycles. The molecule has 1 aromatic carbocycles. The van der Waals surface area contributed by atoms with Crippen LogP contribution in [-0.2, 0) is 11.3 Å². The minimum Gasteiger partial charge on any atom is -0.477 e. The molecule has 0 saturated carbocycles. The Kier molecular flexibility index (Phi) is 6.08. The van der Waals surface area contributed by atoms with E-state index >= 15 is 0 Å². The van der Waals surface area contributed by atoms with Crippen molar-refractivity contribution in [1.29, 1.82) is 0 Å². The van der Waals surface area contributed by atoms with E-state index in [4.69, 9.17) is 9.84 Å². The lowest BCUT2D eigenvalue weighted by molar-refractivity contribution is -0.385. The van der Waals surface area contributed by atoms with Gasteiger partial charge in [0.15, 0.2) is 0 Å². The molecular weight excluding hydrogens is 264 g/mol. The summed E-state index contributed by atoms with van der Waals surface area (Å²) in [5.74, 6) is -1.30. The second kappa shape index (κ2) is 7.56. The highest BCUT2D eigenvalue weighted by molar-refractivity contribution is 5.94. The first-order chi connectivity index (χ1) is 9.47. The summed E-state index contributed by atoms with van der Waals surface area (Å²) in [4.78, 5) is 21.4. The van der Waals surface area contributed by atoms with Gasteiger partial charge in [-0.05, 0) is 19.4 Å². The normalized spacial score (nSPS) is 12.1. The van der Waals surface area contributed by atoms with E-state index in [1.807, 2.05) is 13.8 Å². The highest BCUT2D eigenvalue weighted by Gasteiger charge is 2.23. The number of carboxylic acids is 1. The average molecular weight is 282 g/mol. The van der Waals surface area contributed by atoms with Crippen molar-refractivity contribution >= 4 is 11.7 Å². The summed E-state index contributed by atoms with van der Waals surface area (Å²) >= 11 is 0. The average Bonchev–Trinajstić information content (AvgIpc) is 2.38. The van der Waals surface area contributed by atoms with Crippen LogP contribution in [-0.4, -0.2) is 35.3 Å². The van der Waals surface area contributed by atoms with Crippen LogP contribution in [0.25, 0.3) is 0 Å². The first-order valence-corrected chi connectivity index (χ1v) is 6.29. The van der Waals surface area contributed by atoms with Gasteiger partial charge in [-0.3, -0.25) is 10.1 Å². The van der Waals surface area contributed by atoms with Gasteiger partial charge in [0.2, 0.25) is 0 Å². The van der Waals surface area contributed by atoms with E-state index in [0.29, 0.717) is 18.7 Å². The van der Waals surface area contributed by atoms with Gasteiger partial charge in [0, 0.05) is 25.8 Å². The maximum absolute atomic E-state index is 11.2. The molecule has 0 aliphatic heterocycles. The molecule has 20 heavy (non-hydrogen) atoms. The fraction of sp³-hybridized carbons (Fsp3) is 0.462. The zero-order valence-electron chi connectivity index (χ0n) is 11.5. The molecule has 0 amide bonds. The van der Waals surface area contributed by atoms with Crippen molar-refractivity contribution in [1.82, 2.24) is 5.32 Å². The number of nitrogens with one attached hydrogen (secondary N) is 1. The topological polar surface area (TPSA) is 102 Å². The number of nitro benzene ring substituents is 1. The summed E-state index contributed by atoms with van der Waals surface area (Å²) in [6.45, 7) is 5.15. The number of hydrogen-bond acceptors (Lipinski definition) is 5. The van der Waals surface area contributed by atoms with E-state index in [0.717, 1.165) is 0 Å². The number of rotatable bonds is 8. The van der Waals surface area contributed by atoms with Gasteiger partial charge in [-0.2, -0.15) is 0 Å². The first-order valence-electron chi connectivity index (χ1n) is 6.29. The molecule has 0 heterocycles. The van der Waals surface area contributed by atoms with E-state index < -0.39 is 16.6 Å². The van der Waals surface area contributed by atoms with Gasteiger partial charge in [0.05, 0.1) is 11.0 Å². The van der Waals surface area contributed by atoms with Crippen LogP contribution < -0.4 is 5.32 Å². The van der Waals surface area contributed by atoms with Gasteiger partial charge in [-0.15, -0.1) is 0 Å². The third-order valence-corrected chi connectivity index (χ3v) is 2.74. The molecule has 0 spiro atoms. The maximum atomic E-state index is 11.2. The summed E-state index contributed by atoms with van der Waals surface area (Å²) < 4.78 is 5.33. The molecule has 0 bridgehead atoms. The highest BCUT2D eigenvalue weighted by Crippen LogP contribution is 2.22. The lowest BCUT2D eigenvalue weighted by Gasteiger charge is -2.13. The number of carbonyl (C=O) groups is 1. The smallest absolute Gasteiger partial charge is 0.343 e. The fourth-order valence-corrected chi connectivity index (χ4v) is 1.89. The van der Waals surface area contributed by atoms with Gasteiger partial charge >= 0.3 is 5.97 Å². The van der Waals surface area contributed by atoms with Crippen LogP contribution in [0.1, 0.15) is 29.8 Å². The molecule has 0 radical (unpaired) electrons. The number of nitrogens with zero attached hydrogens (tertiary/aromatic N) is 1. The van der Waals surface area contributed by atoms with E-state index in [9.17, 15) is 14.9 Å². The molecule has 1 atom stereocenters. The molecule has 0 aliphatic rings. The summed E-state index contributed by atoms with van der Waals surface area (Å²) in [5.41, 5.74) is -0.279. The van der Waals surface area contributed by atoms with Crippen molar-refractivity contribution in [2.24, 2.45) is 0 Å². The number of carboxylic acid groups (broad SMARTS) is 1. The second-order valence-electron chi connectivity index (χ2n) is 4.27. The van der Waals surface area contributed by atoms with Crippen molar-refractivity contribution in [2.75, 3.05) is 13.2 Å². The quantitative estimate of drug-likeness (QED) is 0.557. The third-order valence-electron chi connectivity index (χ3n) is 2.74. The monoisotopic (exact) mass is 282 g/mol. The van der Waals surface area contributed by atoms with Gasteiger partial charge in [0.1, 0.15) is 5.56 Å². The minimum absolute atomic E-state index is 0.00743. The molecular formula is C13H18N2O5. The number of aromatic carboxylic acids is 1. The van der Waals surface area contributed by atoms with Crippen molar-refractivity contribution in [3.05, 3.63) is 39.4 Å². The van der Waals surface area contributed by atoms with Gasteiger partial charge in [-0.1, -0.05) is 12.1 Å². The molecule has 7 heteroatoms. The molecule has 0 saturated heterocycles. The van der Waals surface area contributed by atoms with Crippen LogP contribution in [0.15, 0.2) is 18.2 Å². The fourth-order valence-electron chi connectivity index (χ4n) is 1.89. The lowest BCUT2D eigenvalue weighted by Crippen LogP contribution is -2.27. The van der Waals surface area contributed by atoms with Crippen molar-refractivity contribution in [3.8, 4) is 0 Å². The zero-order chi connectivity index (χ0) is 15.1. The second-order valence-corrected chi connectivity index (χ2v) is 4.27. The third kappa shape index (κ3) is 4.29. The molecule has 2 N–H and O–H groups in total. The number of nitro groups is 1. The zero-order valence-corrected chi connectivity index (χ0v) is 11.5. The predicted molar refractivity (Wildman–Crippen MR) is 72.9 cm³/mol. The molecule has 0 fully saturated rings. The predicted octanol–water partition coefficient (Wildman–Crippen LogP) is 1.81. The van der Waals surface area contributed by atoms with Crippen LogP contribution in [0.5, 0.6) is 0 Å². The summed E-state index contributed by atoms with van der Waals surface area (Å²) in [6.07, 6.45) is -0.00743. The van der Waals surface area contributed by atoms with Crippen LogP contribution in [0, 0.1) is 10.1 Å². The molecule has 0 aromatic heterocycles. The van der Waals surface area contributed by atoms with E-state index in [1.165, 1.54) is 12.1 Å². The molecule has 110 valence electrons. The Morgan fingerprint density at radius 1 is 1.55 bits per heavy atom. The molecule has 1 aromatic rings. The Hall–Kier alpha value is -1.99. The molecule has 1 unspecified atom stereocenters. The van der Waals surface area contributed by atoms with Crippen LogP contribution in [0.4, 0.5) is 5.69 Å².